The zero-order valence-electron chi connectivity index (χ0n) is 12.9. The van der Waals surface area contributed by atoms with Crippen molar-refractivity contribution in [1.82, 2.24) is 15.1 Å². The Hall–Kier alpha value is -1.92. The van der Waals surface area contributed by atoms with Crippen molar-refractivity contribution in [3.05, 3.63) is 48.0 Å². The van der Waals surface area contributed by atoms with E-state index < -0.39 is 5.54 Å². The van der Waals surface area contributed by atoms with E-state index in [9.17, 15) is 9.18 Å². The van der Waals surface area contributed by atoms with Crippen LogP contribution in [0.25, 0.3) is 0 Å². The lowest BCUT2D eigenvalue weighted by Gasteiger charge is -2.36. The number of carbonyl (C=O) groups is 1. The van der Waals surface area contributed by atoms with Crippen LogP contribution in [0.1, 0.15) is 18.4 Å². The minimum absolute atomic E-state index is 0. The zero-order valence-corrected chi connectivity index (χ0v) is 13.7. The Morgan fingerprint density at radius 3 is 2.74 bits per heavy atom. The van der Waals surface area contributed by atoms with Crippen LogP contribution in [-0.2, 0) is 10.3 Å². The van der Waals surface area contributed by atoms with Crippen LogP contribution in [0.4, 0.5) is 10.1 Å². The van der Waals surface area contributed by atoms with Gasteiger partial charge in [-0.25, -0.2) is 4.39 Å². The number of amides is 1. The molecule has 1 fully saturated rings. The average Bonchev–Trinajstić information content (AvgIpc) is 3.06. The molecule has 0 radical (unpaired) electrons. The lowest BCUT2D eigenvalue weighted by molar-refractivity contribution is -0.126. The van der Waals surface area contributed by atoms with Crippen LogP contribution < -0.4 is 10.6 Å². The second-order valence-electron chi connectivity index (χ2n) is 5.65. The van der Waals surface area contributed by atoms with Crippen molar-refractivity contribution >= 4 is 24.0 Å². The number of halogens is 2. The van der Waals surface area contributed by atoms with E-state index in [1.54, 1.807) is 29.9 Å². The average molecular weight is 339 g/mol. The molecule has 3 rings (SSSR count). The van der Waals surface area contributed by atoms with Crippen LogP contribution in [-0.4, -0.2) is 28.8 Å². The van der Waals surface area contributed by atoms with Gasteiger partial charge in [0.2, 0.25) is 0 Å². The first-order valence-corrected chi connectivity index (χ1v) is 7.40. The van der Waals surface area contributed by atoms with Crippen LogP contribution in [0.5, 0.6) is 0 Å². The Balaban J connectivity index is 0.00000192. The number of anilines is 1. The maximum atomic E-state index is 13.4. The summed E-state index contributed by atoms with van der Waals surface area (Å²) < 4.78 is 15.1. The molecule has 1 aromatic carbocycles. The van der Waals surface area contributed by atoms with Crippen LogP contribution in [0, 0.1) is 12.7 Å². The third-order valence-electron chi connectivity index (χ3n) is 4.21. The summed E-state index contributed by atoms with van der Waals surface area (Å²) in [6.07, 6.45) is 4.83. The van der Waals surface area contributed by atoms with Crippen molar-refractivity contribution < 1.29 is 9.18 Å². The molecule has 1 aliphatic heterocycles. The summed E-state index contributed by atoms with van der Waals surface area (Å²) in [7, 11) is 0. The fourth-order valence-corrected chi connectivity index (χ4v) is 2.89. The summed E-state index contributed by atoms with van der Waals surface area (Å²) in [5, 5.41) is 10.5. The predicted octanol–water partition coefficient (Wildman–Crippen LogP) is 2.47. The standard InChI is InChI=1S/C16H19FN4O.ClH/c1-12-11-13(3-4-14(12)17)20-15(22)16(5-8-18-9-6-16)21-10-2-7-19-21;/h2-4,7,10-11,18H,5-6,8-9H2,1H3,(H,20,22);1H. The van der Waals surface area contributed by atoms with E-state index in [4.69, 9.17) is 0 Å². The van der Waals surface area contributed by atoms with E-state index in [1.165, 1.54) is 6.07 Å². The number of aryl methyl sites for hydroxylation is 1. The molecule has 1 saturated heterocycles. The van der Waals surface area contributed by atoms with Gasteiger partial charge in [-0.1, -0.05) is 0 Å². The summed E-state index contributed by atoms with van der Waals surface area (Å²) in [6, 6.07) is 6.41. The zero-order chi connectivity index (χ0) is 15.6. The number of carbonyl (C=O) groups excluding carboxylic acids is 1. The van der Waals surface area contributed by atoms with Gasteiger partial charge in [0.25, 0.3) is 5.91 Å². The minimum atomic E-state index is -0.697. The van der Waals surface area contributed by atoms with E-state index in [0.29, 0.717) is 24.1 Å². The number of rotatable bonds is 3. The van der Waals surface area contributed by atoms with Crippen LogP contribution in [0.2, 0.25) is 0 Å². The maximum Gasteiger partial charge on any atom is 0.252 e. The highest BCUT2D eigenvalue weighted by Gasteiger charge is 2.42. The third kappa shape index (κ3) is 3.38. The van der Waals surface area contributed by atoms with Gasteiger partial charge < -0.3 is 10.6 Å². The molecule has 0 spiro atoms. The van der Waals surface area contributed by atoms with Gasteiger partial charge in [0, 0.05) is 18.1 Å². The molecular formula is C16H20ClFN4O. The van der Waals surface area contributed by atoms with Gasteiger partial charge in [0.15, 0.2) is 0 Å². The molecule has 2 heterocycles. The molecule has 124 valence electrons. The summed E-state index contributed by atoms with van der Waals surface area (Å²) >= 11 is 0. The van der Waals surface area contributed by atoms with Gasteiger partial charge in [0.05, 0.1) is 0 Å². The predicted molar refractivity (Wildman–Crippen MR) is 89.3 cm³/mol. The molecule has 0 bridgehead atoms. The Kier molecular flexibility index (Phi) is 5.38. The van der Waals surface area contributed by atoms with E-state index in [0.717, 1.165) is 13.1 Å². The first-order chi connectivity index (χ1) is 10.6. The van der Waals surface area contributed by atoms with E-state index in [2.05, 4.69) is 15.7 Å². The highest BCUT2D eigenvalue weighted by atomic mass is 35.5. The molecule has 1 amide bonds. The van der Waals surface area contributed by atoms with Crippen molar-refractivity contribution in [2.24, 2.45) is 0 Å². The fourth-order valence-electron chi connectivity index (χ4n) is 2.89. The smallest absolute Gasteiger partial charge is 0.252 e. The molecule has 0 saturated carbocycles. The number of hydrogen-bond donors (Lipinski definition) is 2. The Bertz CT molecular complexity index is 669. The number of aromatic nitrogens is 2. The quantitative estimate of drug-likeness (QED) is 0.904. The molecule has 1 aliphatic rings. The Morgan fingerprint density at radius 1 is 1.39 bits per heavy atom. The SMILES string of the molecule is Cc1cc(NC(=O)C2(n3cccn3)CCNCC2)ccc1F.Cl. The molecule has 2 N–H and O–H groups in total. The number of hydrogen-bond acceptors (Lipinski definition) is 3. The number of nitrogens with one attached hydrogen (secondary N) is 2. The first-order valence-electron chi connectivity index (χ1n) is 7.40. The lowest BCUT2D eigenvalue weighted by Crippen LogP contribution is -2.52. The number of nitrogens with zero attached hydrogens (tertiary/aromatic N) is 2. The minimum Gasteiger partial charge on any atom is -0.324 e. The van der Waals surface area contributed by atoms with Gasteiger partial charge in [-0.2, -0.15) is 5.10 Å². The topological polar surface area (TPSA) is 59.0 Å². The number of piperidine rings is 1. The molecule has 1 aromatic heterocycles. The van der Waals surface area contributed by atoms with Crippen molar-refractivity contribution in [1.29, 1.82) is 0 Å². The Morgan fingerprint density at radius 2 is 2.13 bits per heavy atom. The molecular weight excluding hydrogens is 319 g/mol. The molecule has 0 aliphatic carbocycles. The van der Waals surface area contributed by atoms with E-state index in [-0.39, 0.29) is 24.1 Å². The second-order valence-corrected chi connectivity index (χ2v) is 5.65. The fraction of sp³-hybridized carbons (Fsp3) is 0.375. The normalized spacial score (nSPS) is 16.4. The third-order valence-corrected chi connectivity index (χ3v) is 4.21. The summed E-state index contributed by atoms with van der Waals surface area (Å²) in [5.41, 5.74) is 0.419. The molecule has 0 unspecified atom stereocenters. The lowest BCUT2D eigenvalue weighted by atomic mass is 9.87. The maximum absolute atomic E-state index is 13.4. The van der Waals surface area contributed by atoms with E-state index >= 15 is 0 Å². The highest BCUT2D eigenvalue weighted by molar-refractivity contribution is 5.96. The Labute approximate surface area is 140 Å². The monoisotopic (exact) mass is 338 g/mol. The number of benzene rings is 1. The molecule has 5 nitrogen and oxygen atoms in total. The summed E-state index contributed by atoms with van der Waals surface area (Å²) in [5.74, 6) is -0.384. The summed E-state index contributed by atoms with van der Waals surface area (Å²) in [4.78, 5) is 12.9. The summed E-state index contributed by atoms with van der Waals surface area (Å²) in [6.45, 7) is 3.20. The van der Waals surface area contributed by atoms with Gasteiger partial charge in [-0.05, 0) is 62.7 Å². The highest BCUT2D eigenvalue weighted by Crippen LogP contribution is 2.29. The van der Waals surface area contributed by atoms with Gasteiger partial charge in [-0.3, -0.25) is 9.48 Å². The molecule has 2 aromatic rings. The van der Waals surface area contributed by atoms with Crippen molar-refractivity contribution in [3.8, 4) is 0 Å². The largest absolute Gasteiger partial charge is 0.324 e. The van der Waals surface area contributed by atoms with Crippen LogP contribution in [0.15, 0.2) is 36.7 Å². The first kappa shape index (κ1) is 17.4. The van der Waals surface area contributed by atoms with Gasteiger partial charge >= 0.3 is 0 Å². The van der Waals surface area contributed by atoms with Crippen LogP contribution >= 0.6 is 12.4 Å². The second kappa shape index (κ2) is 7.10. The van der Waals surface area contributed by atoms with Gasteiger partial charge in [-0.15, -0.1) is 12.4 Å². The van der Waals surface area contributed by atoms with Crippen molar-refractivity contribution in [2.75, 3.05) is 18.4 Å². The molecule has 0 atom stereocenters. The van der Waals surface area contributed by atoms with Crippen molar-refractivity contribution in [3.63, 3.8) is 0 Å². The van der Waals surface area contributed by atoms with E-state index in [1.807, 2.05) is 12.3 Å². The van der Waals surface area contributed by atoms with Gasteiger partial charge in [0.1, 0.15) is 11.4 Å². The molecule has 23 heavy (non-hydrogen) atoms. The van der Waals surface area contributed by atoms with Crippen molar-refractivity contribution in [2.45, 2.75) is 25.3 Å². The van der Waals surface area contributed by atoms with Crippen LogP contribution in [0.3, 0.4) is 0 Å². The molecule has 7 heteroatoms.